The highest BCUT2D eigenvalue weighted by molar-refractivity contribution is 5.08. The smallest absolute Gasteiger partial charge is 0.0284 e. The molecule has 0 heterocycles. The van der Waals surface area contributed by atoms with Gasteiger partial charge in [0.05, 0.1) is 0 Å². The molecule has 1 unspecified atom stereocenters. The summed E-state index contributed by atoms with van der Waals surface area (Å²) in [5.74, 6) is 5.52. The first-order valence-corrected chi connectivity index (χ1v) is 5.50. The van der Waals surface area contributed by atoms with Gasteiger partial charge in [-0.15, -0.1) is 6.58 Å². The van der Waals surface area contributed by atoms with E-state index in [2.05, 4.69) is 25.0 Å². The second-order valence-electron chi connectivity index (χ2n) is 4.34. The fourth-order valence-corrected chi connectivity index (χ4v) is 2.02. The molecule has 1 aliphatic rings. The Hall–Kier alpha value is -0.600. The van der Waals surface area contributed by atoms with Gasteiger partial charge in [0.15, 0.2) is 0 Å². The normalized spacial score (nSPS) is 18.9. The van der Waals surface area contributed by atoms with Crippen LogP contribution >= 0.6 is 0 Å². The largest absolute Gasteiger partial charge is 0.271 e. The lowest BCUT2D eigenvalue weighted by atomic mass is 9.92. The molecule has 0 aromatic carbocycles. The van der Waals surface area contributed by atoms with Gasteiger partial charge in [-0.2, -0.15) is 0 Å². The molecule has 0 bridgehead atoms. The Kier molecular flexibility index (Phi) is 4.91. The van der Waals surface area contributed by atoms with Crippen LogP contribution in [-0.2, 0) is 0 Å². The Balaban J connectivity index is 2.38. The highest BCUT2D eigenvalue weighted by Crippen LogP contribution is 2.22. The second kappa shape index (κ2) is 5.99. The number of hydrogen-bond donors (Lipinski definition) is 2. The summed E-state index contributed by atoms with van der Waals surface area (Å²) in [4.78, 5) is 0. The highest BCUT2D eigenvalue weighted by Gasteiger charge is 2.11. The minimum atomic E-state index is 0.372. The molecule has 1 atom stereocenters. The predicted octanol–water partition coefficient (Wildman–Crippen LogP) is 2.67. The molecular weight excluding hydrogens is 172 g/mol. The van der Waals surface area contributed by atoms with E-state index in [0.717, 1.165) is 12.8 Å². The Labute approximate surface area is 87.2 Å². The molecule has 2 nitrogen and oxygen atoms in total. The zero-order valence-corrected chi connectivity index (χ0v) is 9.18. The van der Waals surface area contributed by atoms with Crippen molar-refractivity contribution in [2.24, 2.45) is 5.84 Å². The highest BCUT2D eigenvalue weighted by atomic mass is 15.2. The first-order valence-electron chi connectivity index (χ1n) is 5.50. The van der Waals surface area contributed by atoms with Crippen LogP contribution in [-0.4, -0.2) is 6.04 Å². The van der Waals surface area contributed by atoms with Crippen molar-refractivity contribution < 1.29 is 0 Å². The lowest BCUT2D eigenvalue weighted by Crippen LogP contribution is -2.35. The summed E-state index contributed by atoms with van der Waals surface area (Å²) in [6, 6.07) is 0.372. The van der Waals surface area contributed by atoms with Crippen LogP contribution in [0.2, 0.25) is 0 Å². The Bertz CT molecular complexity index is 218. The molecule has 0 aliphatic heterocycles. The lowest BCUT2D eigenvalue weighted by molar-refractivity contribution is 0.503. The van der Waals surface area contributed by atoms with E-state index in [1.165, 1.54) is 31.3 Å². The van der Waals surface area contributed by atoms with E-state index in [-0.39, 0.29) is 0 Å². The fourth-order valence-electron chi connectivity index (χ4n) is 2.02. The summed E-state index contributed by atoms with van der Waals surface area (Å²) in [6.07, 6.45) is 9.65. The third-order valence-corrected chi connectivity index (χ3v) is 2.72. The lowest BCUT2D eigenvalue weighted by Gasteiger charge is -2.20. The molecule has 3 N–H and O–H groups in total. The number of hydrogen-bond acceptors (Lipinski definition) is 2. The first-order chi connectivity index (χ1) is 6.72. The Morgan fingerprint density at radius 3 is 2.93 bits per heavy atom. The van der Waals surface area contributed by atoms with Crippen LogP contribution in [0.25, 0.3) is 0 Å². The van der Waals surface area contributed by atoms with E-state index in [4.69, 9.17) is 5.84 Å². The molecule has 2 heteroatoms. The molecule has 80 valence electrons. The fraction of sp³-hybridized carbons (Fsp3) is 0.667. The van der Waals surface area contributed by atoms with Gasteiger partial charge in [0, 0.05) is 6.04 Å². The summed E-state index contributed by atoms with van der Waals surface area (Å²) in [5.41, 5.74) is 5.65. The maximum Gasteiger partial charge on any atom is 0.0284 e. The summed E-state index contributed by atoms with van der Waals surface area (Å²) in [5, 5.41) is 0. The maximum atomic E-state index is 5.52. The van der Waals surface area contributed by atoms with Gasteiger partial charge in [0.1, 0.15) is 0 Å². The minimum Gasteiger partial charge on any atom is -0.271 e. The van der Waals surface area contributed by atoms with Crippen LogP contribution in [0.4, 0.5) is 0 Å². The number of allylic oxidation sites excluding steroid dienone is 1. The van der Waals surface area contributed by atoms with E-state index < -0.39 is 0 Å². The van der Waals surface area contributed by atoms with Crippen LogP contribution in [0.3, 0.4) is 0 Å². The van der Waals surface area contributed by atoms with Crippen molar-refractivity contribution in [3.8, 4) is 0 Å². The van der Waals surface area contributed by atoms with Crippen LogP contribution < -0.4 is 11.3 Å². The second-order valence-corrected chi connectivity index (χ2v) is 4.34. The van der Waals surface area contributed by atoms with E-state index >= 15 is 0 Å². The molecule has 0 fully saturated rings. The maximum absolute atomic E-state index is 5.52. The molecule has 0 amide bonds. The number of nitrogens with two attached hydrogens (primary N) is 1. The van der Waals surface area contributed by atoms with E-state index in [1.807, 2.05) is 0 Å². The number of rotatable bonds is 5. The minimum absolute atomic E-state index is 0.372. The molecule has 1 aliphatic carbocycles. The van der Waals surface area contributed by atoms with Gasteiger partial charge in [-0.3, -0.25) is 11.3 Å². The van der Waals surface area contributed by atoms with Crippen molar-refractivity contribution in [3.05, 3.63) is 23.8 Å². The third kappa shape index (κ3) is 4.07. The van der Waals surface area contributed by atoms with Crippen molar-refractivity contribution in [1.82, 2.24) is 5.43 Å². The summed E-state index contributed by atoms with van der Waals surface area (Å²) < 4.78 is 0. The summed E-state index contributed by atoms with van der Waals surface area (Å²) >= 11 is 0. The van der Waals surface area contributed by atoms with Gasteiger partial charge in [-0.05, 0) is 45.4 Å². The van der Waals surface area contributed by atoms with Crippen molar-refractivity contribution in [2.75, 3.05) is 0 Å². The van der Waals surface area contributed by atoms with Gasteiger partial charge in [-0.25, -0.2) is 0 Å². The zero-order chi connectivity index (χ0) is 10.4. The molecule has 0 saturated heterocycles. The zero-order valence-electron chi connectivity index (χ0n) is 9.18. The van der Waals surface area contributed by atoms with E-state index in [9.17, 15) is 0 Å². The van der Waals surface area contributed by atoms with Crippen molar-refractivity contribution in [2.45, 2.75) is 51.5 Å². The van der Waals surface area contributed by atoms with E-state index in [0.29, 0.717) is 6.04 Å². The monoisotopic (exact) mass is 194 g/mol. The molecular formula is C12H22N2. The van der Waals surface area contributed by atoms with Gasteiger partial charge in [0.2, 0.25) is 0 Å². The SMILES string of the molecule is C=C(C)CC(CC1=CCCCC1)NN. The molecule has 0 aromatic rings. The first kappa shape index (κ1) is 11.5. The Morgan fingerprint density at radius 1 is 1.64 bits per heavy atom. The summed E-state index contributed by atoms with van der Waals surface area (Å²) in [6.45, 7) is 5.98. The van der Waals surface area contributed by atoms with Crippen molar-refractivity contribution in [3.63, 3.8) is 0 Å². The molecule has 14 heavy (non-hydrogen) atoms. The molecule has 0 aromatic heterocycles. The van der Waals surface area contributed by atoms with Crippen LogP contribution in [0.1, 0.15) is 45.4 Å². The van der Waals surface area contributed by atoms with Gasteiger partial charge >= 0.3 is 0 Å². The number of nitrogens with one attached hydrogen (secondary N) is 1. The molecule has 0 saturated carbocycles. The van der Waals surface area contributed by atoms with Crippen LogP contribution in [0.5, 0.6) is 0 Å². The summed E-state index contributed by atoms with van der Waals surface area (Å²) in [7, 11) is 0. The quantitative estimate of drug-likeness (QED) is 0.401. The van der Waals surface area contributed by atoms with Crippen LogP contribution in [0, 0.1) is 0 Å². The Morgan fingerprint density at radius 2 is 2.43 bits per heavy atom. The van der Waals surface area contributed by atoms with Crippen LogP contribution in [0.15, 0.2) is 23.8 Å². The molecule has 1 rings (SSSR count). The average Bonchev–Trinajstić information content (AvgIpc) is 2.17. The van der Waals surface area contributed by atoms with E-state index in [1.54, 1.807) is 5.57 Å². The predicted molar refractivity (Wildman–Crippen MR) is 61.7 cm³/mol. The van der Waals surface area contributed by atoms with Gasteiger partial charge in [-0.1, -0.05) is 17.2 Å². The topological polar surface area (TPSA) is 38.0 Å². The van der Waals surface area contributed by atoms with Crippen molar-refractivity contribution >= 4 is 0 Å². The van der Waals surface area contributed by atoms with Crippen molar-refractivity contribution in [1.29, 1.82) is 0 Å². The molecule has 0 radical (unpaired) electrons. The van der Waals surface area contributed by atoms with Gasteiger partial charge < -0.3 is 0 Å². The number of hydrazine groups is 1. The standard InChI is InChI=1S/C12H22N2/c1-10(2)8-12(14-13)9-11-6-4-3-5-7-11/h6,12,14H,1,3-5,7-9,13H2,2H3. The average molecular weight is 194 g/mol. The third-order valence-electron chi connectivity index (χ3n) is 2.72. The van der Waals surface area contributed by atoms with Gasteiger partial charge in [0.25, 0.3) is 0 Å². The molecule has 0 spiro atoms.